The molecule has 1 unspecified atom stereocenters. The van der Waals surface area contributed by atoms with Crippen LogP contribution in [0.2, 0.25) is 0 Å². The standard InChI is InChI=1S/C19H29N3O4S/c1-5-20-27(25,26)16-10-8-15(9-11-16)21-17(23)14-7-6-12-22(13-14)18(24)19(2,3)4/h8-11,14,20H,5-7,12-13H2,1-4H3,(H,21,23). The lowest BCUT2D eigenvalue weighted by Gasteiger charge is -2.35. The summed E-state index contributed by atoms with van der Waals surface area (Å²) in [4.78, 5) is 27.0. The van der Waals surface area contributed by atoms with Crippen LogP contribution in [0.15, 0.2) is 29.2 Å². The smallest absolute Gasteiger partial charge is 0.240 e. The molecule has 150 valence electrons. The second-order valence-corrected chi connectivity index (χ2v) is 9.62. The monoisotopic (exact) mass is 395 g/mol. The third-order valence-electron chi connectivity index (χ3n) is 4.49. The normalized spacial score (nSPS) is 18.2. The van der Waals surface area contributed by atoms with Crippen LogP contribution in [0.3, 0.4) is 0 Å². The lowest BCUT2D eigenvalue weighted by atomic mass is 9.91. The highest BCUT2D eigenvalue weighted by Gasteiger charge is 2.33. The number of benzene rings is 1. The molecular formula is C19H29N3O4S. The van der Waals surface area contributed by atoms with Crippen LogP contribution in [-0.4, -0.2) is 44.8 Å². The lowest BCUT2D eigenvalue weighted by molar-refractivity contribution is -0.142. The first-order chi connectivity index (χ1) is 12.5. The number of sulfonamides is 1. The maximum atomic E-state index is 12.6. The van der Waals surface area contributed by atoms with Crippen molar-refractivity contribution >= 4 is 27.5 Å². The maximum absolute atomic E-state index is 12.6. The Morgan fingerprint density at radius 2 is 1.81 bits per heavy atom. The van der Waals surface area contributed by atoms with Gasteiger partial charge in [-0.1, -0.05) is 27.7 Å². The zero-order valence-corrected chi connectivity index (χ0v) is 17.2. The predicted octanol–water partition coefficient (Wildman–Crippen LogP) is 2.21. The van der Waals surface area contributed by atoms with Crippen molar-refractivity contribution in [1.82, 2.24) is 9.62 Å². The first kappa shape index (κ1) is 21.4. The zero-order chi connectivity index (χ0) is 20.2. The highest BCUT2D eigenvalue weighted by Crippen LogP contribution is 2.24. The SMILES string of the molecule is CCNS(=O)(=O)c1ccc(NC(=O)C2CCCN(C(=O)C(C)(C)C)C2)cc1. The number of piperidine rings is 1. The van der Waals surface area contributed by atoms with E-state index in [1.165, 1.54) is 12.1 Å². The molecule has 7 nitrogen and oxygen atoms in total. The van der Waals surface area contributed by atoms with Crippen molar-refractivity contribution in [1.29, 1.82) is 0 Å². The van der Waals surface area contributed by atoms with Gasteiger partial charge in [0.2, 0.25) is 21.8 Å². The van der Waals surface area contributed by atoms with Gasteiger partial charge in [-0.25, -0.2) is 13.1 Å². The Hall–Kier alpha value is -1.93. The minimum absolute atomic E-state index is 0.0537. The molecule has 0 spiro atoms. The van der Waals surface area contributed by atoms with E-state index in [9.17, 15) is 18.0 Å². The Kier molecular flexibility index (Phi) is 6.64. The van der Waals surface area contributed by atoms with Gasteiger partial charge in [0.25, 0.3) is 0 Å². The molecule has 1 aromatic carbocycles. The molecule has 8 heteroatoms. The fourth-order valence-corrected chi connectivity index (χ4v) is 4.13. The van der Waals surface area contributed by atoms with Crippen molar-refractivity contribution in [2.45, 2.75) is 45.4 Å². The van der Waals surface area contributed by atoms with E-state index in [2.05, 4.69) is 10.0 Å². The average Bonchev–Trinajstić information content (AvgIpc) is 2.61. The molecular weight excluding hydrogens is 366 g/mol. The Labute approximate surface area is 161 Å². The zero-order valence-electron chi connectivity index (χ0n) is 16.4. The third kappa shape index (κ3) is 5.52. The van der Waals surface area contributed by atoms with Crippen LogP contribution in [0.25, 0.3) is 0 Å². The molecule has 1 aromatic rings. The van der Waals surface area contributed by atoms with Gasteiger partial charge in [0, 0.05) is 30.7 Å². The molecule has 2 rings (SSSR count). The minimum atomic E-state index is -3.51. The molecule has 0 bridgehead atoms. The van der Waals surface area contributed by atoms with E-state index in [1.807, 2.05) is 20.8 Å². The number of likely N-dealkylation sites (tertiary alicyclic amines) is 1. The number of hydrogen-bond donors (Lipinski definition) is 2. The van der Waals surface area contributed by atoms with E-state index in [-0.39, 0.29) is 22.6 Å². The highest BCUT2D eigenvalue weighted by atomic mass is 32.2. The van der Waals surface area contributed by atoms with Crippen molar-refractivity contribution in [2.75, 3.05) is 25.0 Å². The number of amides is 2. The van der Waals surface area contributed by atoms with Crippen LogP contribution >= 0.6 is 0 Å². The second kappa shape index (κ2) is 8.39. The minimum Gasteiger partial charge on any atom is -0.341 e. The number of nitrogens with one attached hydrogen (secondary N) is 2. The summed E-state index contributed by atoms with van der Waals surface area (Å²) in [5.41, 5.74) is 0.0707. The van der Waals surface area contributed by atoms with Gasteiger partial charge in [0.1, 0.15) is 0 Å². The lowest BCUT2D eigenvalue weighted by Crippen LogP contribution is -2.47. The van der Waals surface area contributed by atoms with Gasteiger partial charge >= 0.3 is 0 Å². The summed E-state index contributed by atoms with van der Waals surface area (Å²) >= 11 is 0. The summed E-state index contributed by atoms with van der Waals surface area (Å²) in [6, 6.07) is 6.07. The van der Waals surface area contributed by atoms with Crippen molar-refractivity contribution in [3.05, 3.63) is 24.3 Å². The molecule has 1 aliphatic heterocycles. The third-order valence-corrected chi connectivity index (χ3v) is 6.05. The first-order valence-electron chi connectivity index (χ1n) is 9.24. The Bertz CT molecular complexity index is 782. The summed E-state index contributed by atoms with van der Waals surface area (Å²) in [5.74, 6) is -0.364. The van der Waals surface area contributed by atoms with Crippen LogP contribution in [0.5, 0.6) is 0 Å². The summed E-state index contributed by atoms with van der Waals surface area (Å²) in [6.07, 6.45) is 1.52. The number of hydrogen-bond acceptors (Lipinski definition) is 4. The van der Waals surface area contributed by atoms with Gasteiger partial charge in [-0.3, -0.25) is 9.59 Å². The van der Waals surface area contributed by atoms with Crippen LogP contribution in [0.1, 0.15) is 40.5 Å². The largest absolute Gasteiger partial charge is 0.341 e. The first-order valence-corrected chi connectivity index (χ1v) is 10.7. The van der Waals surface area contributed by atoms with Crippen LogP contribution in [0.4, 0.5) is 5.69 Å². The van der Waals surface area contributed by atoms with Gasteiger partial charge < -0.3 is 10.2 Å². The van der Waals surface area contributed by atoms with E-state index >= 15 is 0 Å². The van der Waals surface area contributed by atoms with Gasteiger partial charge in [-0.2, -0.15) is 0 Å². The fourth-order valence-electron chi connectivity index (χ4n) is 3.09. The van der Waals surface area contributed by atoms with E-state index in [0.717, 1.165) is 12.8 Å². The molecule has 1 heterocycles. The molecule has 1 fully saturated rings. The van der Waals surface area contributed by atoms with Gasteiger partial charge in [-0.05, 0) is 37.1 Å². The summed E-state index contributed by atoms with van der Waals surface area (Å²) in [6.45, 7) is 8.74. The summed E-state index contributed by atoms with van der Waals surface area (Å²) < 4.78 is 26.3. The van der Waals surface area contributed by atoms with Gasteiger partial charge in [0.05, 0.1) is 10.8 Å². The molecule has 2 N–H and O–H groups in total. The Morgan fingerprint density at radius 3 is 2.37 bits per heavy atom. The maximum Gasteiger partial charge on any atom is 0.240 e. The highest BCUT2D eigenvalue weighted by molar-refractivity contribution is 7.89. The van der Waals surface area contributed by atoms with Gasteiger partial charge in [0.15, 0.2) is 0 Å². The number of carbonyl (C=O) groups excluding carboxylic acids is 2. The molecule has 1 saturated heterocycles. The van der Waals surface area contributed by atoms with Crippen molar-refractivity contribution in [3.63, 3.8) is 0 Å². The molecule has 27 heavy (non-hydrogen) atoms. The molecule has 2 amide bonds. The molecule has 1 atom stereocenters. The van der Waals surface area contributed by atoms with Crippen molar-refractivity contribution < 1.29 is 18.0 Å². The Morgan fingerprint density at radius 1 is 1.19 bits per heavy atom. The fraction of sp³-hybridized carbons (Fsp3) is 0.579. The van der Waals surface area contributed by atoms with E-state index in [1.54, 1.807) is 24.0 Å². The number of carbonyl (C=O) groups is 2. The second-order valence-electron chi connectivity index (χ2n) is 7.86. The van der Waals surface area contributed by atoms with E-state index < -0.39 is 15.4 Å². The average molecular weight is 396 g/mol. The molecule has 0 saturated carbocycles. The molecule has 0 radical (unpaired) electrons. The van der Waals surface area contributed by atoms with E-state index in [4.69, 9.17) is 0 Å². The quantitative estimate of drug-likeness (QED) is 0.799. The van der Waals surface area contributed by atoms with Crippen molar-refractivity contribution in [3.8, 4) is 0 Å². The van der Waals surface area contributed by atoms with Crippen LogP contribution < -0.4 is 10.0 Å². The van der Waals surface area contributed by atoms with Crippen molar-refractivity contribution in [2.24, 2.45) is 11.3 Å². The van der Waals surface area contributed by atoms with Crippen LogP contribution in [-0.2, 0) is 19.6 Å². The van der Waals surface area contributed by atoms with E-state index in [0.29, 0.717) is 25.3 Å². The predicted molar refractivity (Wildman–Crippen MR) is 105 cm³/mol. The number of anilines is 1. The number of nitrogens with zero attached hydrogens (tertiary/aromatic N) is 1. The van der Waals surface area contributed by atoms with Gasteiger partial charge in [-0.15, -0.1) is 0 Å². The Balaban J connectivity index is 2.01. The number of rotatable bonds is 5. The summed E-state index contributed by atoms with van der Waals surface area (Å²) in [7, 11) is -3.51. The molecule has 0 aliphatic carbocycles. The molecule has 0 aromatic heterocycles. The summed E-state index contributed by atoms with van der Waals surface area (Å²) in [5, 5.41) is 2.83. The molecule has 1 aliphatic rings. The van der Waals surface area contributed by atoms with Crippen LogP contribution in [0, 0.1) is 11.3 Å². The topological polar surface area (TPSA) is 95.6 Å².